The lowest BCUT2D eigenvalue weighted by molar-refractivity contribution is 0.601. The lowest BCUT2D eigenvalue weighted by atomic mass is 10.3. The van der Waals surface area contributed by atoms with E-state index in [1.807, 2.05) is 19.1 Å². The van der Waals surface area contributed by atoms with Gasteiger partial charge in [-0.15, -0.1) is 0 Å². The number of aromatic nitrogens is 3. The number of sulfonamides is 1. The molecular formula is C22H19ClN6O2S. The maximum Gasteiger partial charge on any atom is 0.261 e. The summed E-state index contributed by atoms with van der Waals surface area (Å²) < 4.78 is 27.5. The van der Waals surface area contributed by atoms with Gasteiger partial charge in [0.1, 0.15) is 23.8 Å². The molecule has 162 valence electrons. The molecule has 0 aliphatic heterocycles. The maximum atomic E-state index is 12.5. The van der Waals surface area contributed by atoms with E-state index in [1.54, 1.807) is 36.5 Å². The van der Waals surface area contributed by atoms with Crippen LogP contribution in [0, 0.1) is 6.92 Å². The van der Waals surface area contributed by atoms with Crippen LogP contribution in [0.1, 0.15) is 5.56 Å². The molecule has 10 heteroatoms. The van der Waals surface area contributed by atoms with Crippen LogP contribution in [0.15, 0.2) is 84.1 Å². The first-order chi connectivity index (χ1) is 15.4. The van der Waals surface area contributed by atoms with Gasteiger partial charge in [0, 0.05) is 28.7 Å². The predicted octanol–water partition coefficient (Wildman–Crippen LogP) is 5.12. The molecule has 0 radical (unpaired) electrons. The van der Waals surface area contributed by atoms with Gasteiger partial charge >= 0.3 is 0 Å². The Kier molecular flexibility index (Phi) is 6.20. The summed E-state index contributed by atoms with van der Waals surface area (Å²) in [5, 5.41) is 6.77. The number of hydrogen-bond donors (Lipinski definition) is 3. The Balaban J connectivity index is 1.43. The summed E-state index contributed by atoms with van der Waals surface area (Å²) in [4.78, 5) is 12.8. The summed E-state index contributed by atoms with van der Waals surface area (Å²) in [5.74, 6) is 1.85. The van der Waals surface area contributed by atoms with E-state index < -0.39 is 10.0 Å². The number of rotatable bonds is 7. The van der Waals surface area contributed by atoms with Crippen molar-refractivity contribution in [1.82, 2.24) is 15.0 Å². The van der Waals surface area contributed by atoms with E-state index >= 15 is 0 Å². The van der Waals surface area contributed by atoms with Crippen molar-refractivity contribution in [2.45, 2.75) is 11.8 Å². The molecule has 32 heavy (non-hydrogen) atoms. The number of anilines is 5. The minimum absolute atomic E-state index is 0.133. The minimum atomic E-state index is -3.70. The minimum Gasteiger partial charge on any atom is -0.340 e. The zero-order valence-electron chi connectivity index (χ0n) is 16.9. The van der Waals surface area contributed by atoms with E-state index in [0.29, 0.717) is 28.2 Å². The lowest BCUT2D eigenvalue weighted by Gasteiger charge is -2.11. The van der Waals surface area contributed by atoms with Gasteiger partial charge in [-0.25, -0.2) is 23.4 Å². The van der Waals surface area contributed by atoms with Gasteiger partial charge in [0.05, 0.1) is 4.90 Å². The fourth-order valence-corrected chi connectivity index (χ4v) is 4.01. The van der Waals surface area contributed by atoms with Crippen molar-refractivity contribution in [3.63, 3.8) is 0 Å². The standard InChI is InChI=1S/C22H19ClN6O2S/c1-15-10-11-24-20(12-15)28-22-13-21(25-14-26-22)27-17-4-6-18(7-5-17)29-32(30,31)19-8-2-16(23)3-9-19/h2-14,29H,1H3,(H2,24,25,26,27,28). The number of benzene rings is 2. The van der Waals surface area contributed by atoms with Gasteiger partial charge in [-0.3, -0.25) is 4.72 Å². The highest BCUT2D eigenvalue weighted by molar-refractivity contribution is 7.92. The molecule has 0 unspecified atom stereocenters. The molecule has 3 N–H and O–H groups in total. The van der Waals surface area contributed by atoms with Gasteiger partial charge in [-0.1, -0.05) is 11.6 Å². The van der Waals surface area contributed by atoms with E-state index in [0.717, 1.165) is 11.3 Å². The van der Waals surface area contributed by atoms with Crippen molar-refractivity contribution in [2.24, 2.45) is 0 Å². The molecule has 2 aromatic carbocycles. The Labute approximate surface area is 190 Å². The third kappa shape index (κ3) is 5.51. The molecule has 4 aromatic rings. The zero-order valence-corrected chi connectivity index (χ0v) is 18.5. The van der Waals surface area contributed by atoms with Crippen molar-refractivity contribution in [3.8, 4) is 0 Å². The van der Waals surface area contributed by atoms with E-state index in [1.165, 1.54) is 30.6 Å². The average Bonchev–Trinajstić information content (AvgIpc) is 2.76. The van der Waals surface area contributed by atoms with Crippen LogP contribution in [-0.2, 0) is 10.0 Å². The average molecular weight is 467 g/mol. The third-order valence-electron chi connectivity index (χ3n) is 4.37. The summed E-state index contributed by atoms with van der Waals surface area (Å²) in [6.07, 6.45) is 3.16. The van der Waals surface area contributed by atoms with Crippen molar-refractivity contribution in [1.29, 1.82) is 0 Å². The lowest BCUT2D eigenvalue weighted by Crippen LogP contribution is -2.12. The Bertz CT molecular complexity index is 1330. The Morgan fingerprint density at radius 1 is 0.750 bits per heavy atom. The number of halogens is 1. The van der Waals surface area contributed by atoms with Gasteiger partial charge in [0.15, 0.2) is 0 Å². The van der Waals surface area contributed by atoms with Crippen LogP contribution < -0.4 is 15.4 Å². The largest absolute Gasteiger partial charge is 0.340 e. The number of aryl methyl sites for hydroxylation is 1. The summed E-state index contributed by atoms with van der Waals surface area (Å²) in [5.41, 5.74) is 2.25. The van der Waals surface area contributed by atoms with Crippen LogP contribution >= 0.6 is 11.6 Å². The van der Waals surface area contributed by atoms with Gasteiger partial charge < -0.3 is 10.6 Å². The number of nitrogens with zero attached hydrogens (tertiary/aromatic N) is 3. The first kappa shape index (κ1) is 21.5. The van der Waals surface area contributed by atoms with Crippen LogP contribution in [0.3, 0.4) is 0 Å². The van der Waals surface area contributed by atoms with Gasteiger partial charge in [-0.2, -0.15) is 0 Å². The number of pyridine rings is 1. The number of nitrogens with one attached hydrogen (secondary N) is 3. The topological polar surface area (TPSA) is 109 Å². The first-order valence-corrected chi connectivity index (χ1v) is 11.4. The molecule has 0 fully saturated rings. The quantitative estimate of drug-likeness (QED) is 0.346. The monoisotopic (exact) mass is 466 g/mol. The number of hydrogen-bond acceptors (Lipinski definition) is 7. The van der Waals surface area contributed by atoms with Crippen LogP contribution in [0.4, 0.5) is 28.8 Å². The van der Waals surface area contributed by atoms with Crippen molar-refractivity contribution < 1.29 is 8.42 Å². The highest BCUT2D eigenvalue weighted by Crippen LogP contribution is 2.22. The van der Waals surface area contributed by atoms with E-state index in [9.17, 15) is 8.42 Å². The second-order valence-corrected chi connectivity index (χ2v) is 9.01. The second kappa shape index (κ2) is 9.21. The Hall–Kier alpha value is -3.69. The van der Waals surface area contributed by atoms with Crippen molar-refractivity contribution >= 4 is 50.5 Å². The molecule has 4 rings (SSSR count). The summed E-state index contributed by atoms with van der Waals surface area (Å²) in [7, 11) is -3.70. The third-order valence-corrected chi connectivity index (χ3v) is 6.02. The molecule has 0 spiro atoms. The van der Waals surface area contributed by atoms with Crippen molar-refractivity contribution in [2.75, 3.05) is 15.4 Å². The maximum absolute atomic E-state index is 12.5. The van der Waals surface area contributed by atoms with Crippen LogP contribution in [0.5, 0.6) is 0 Å². The summed E-state index contributed by atoms with van der Waals surface area (Å²) >= 11 is 5.82. The Morgan fingerprint density at radius 2 is 1.38 bits per heavy atom. The highest BCUT2D eigenvalue weighted by Gasteiger charge is 2.14. The molecule has 0 bridgehead atoms. The fraction of sp³-hybridized carbons (Fsp3) is 0.0455. The normalized spacial score (nSPS) is 11.1. The second-order valence-electron chi connectivity index (χ2n) is 6.89. The molecule has 0 aliphatic carbocycles. The molecule has 2 aromatic heterocycles. The molecule has 0 amide bonds. The van der Waals surface area contributed by atoms with Gasteiger partial charge in [-0.05, 0) is 73.2 Å². The molecular weight excluding hydrogens is 448 g/mol. The zero-order chi connectivity index (χ0) is 22.6. The van der Waals surface area contributed by atoms with E-state index in [4.69, 9.17) is 11.6 Å². The molecule has 0 saturated carbocycles. The Morgan fingerprint density at radius 3 is 2.06 bits per heavy atom. The molecule has 0 aliphatic rings. The molecule has 2 heterocycles. The first-order valence-electron chi connectivity index (χ1n) is 9.55. The van der Waals surface area contributed by atoms with Crippen LogP contribution in [0.2, 0.25) is 5.02 Å². The molecule has 0 saturated heterocycles. The van der Waals surface area contributed by atoms with Gasteiger partial charge in [0.25, 0.3) is 10.0 Å². The molecule has 8 nitrogen and oxygen atoms in total. The van der Waals surface area contributed by atoms with E-state index in [2.05, 4.69) is 30.3 Å². The fourth-order valence-electron chi connectivity index (χ4n) is 2.83. The summed E-state index contributed by atoms with van der Waals surface area (Å²) in [6.45, 7) is 1.99. The predicted molar refractivity (Wildman–Crippen MR) is 126 cm³/mol. The molecule has 0 atom stereocenters. The van der Waals surface area contributed by atoms with Crippen LogP contribution in [-0.4, -0.2) is 23.4 Å². The van der Waals surface area contributed by atoms with Crippen LogP contribution in [0.25, 0.3) is 0 Å². The highest BCUT2D eigenvalue weighted by atomic mass is 35.5. The summed E-state index contributed by atoms with van der Waals surface area (Å²) in [6, 6.07) is 18.4. The van der Waals surface area contributed by atoms with Gasteiger partial charge in [0.2, 0.25) is 0 Å². The van der Waals surface area contributed by atoms with Crippen molar-refractivity contribution in [3.05, 3.63) is 89.8 Å². The van der Waals surface area contributed by atoms with E-state index in [-0.39, 0.29) is 4.90 Å². The SMILES string of the molecule is Cc1ccnc(Nc2cc(Nc3ccc(NS(=O)(=O)c4ccc(Cl)cc4)cc3)ncn2)c1. The smallest absolute Gasteiger partial charge is 0.261 e.